The summed E-state index contributed by atoms with van der Waals surface area (Å²) in [6.07, 6.45) is 0.960. The molecule has 10 nitrogen and oxygen atoms in total. The lowest BCUT2D eigenvalue weighted by molar-refractivity contribution is -0.159. The monoisotopic (exact) mass is 337 g/mol. The molecule has 0 saturated carbocycles. The van der Waals surface area contributed by atoms with Gasteiger partial charge in [0.2, 0.25) is 5.95 Å². The van der Waals surface area contributed by atoms with Gasteiger partial charge in [0.1, 0.15) is 17.8 Å². The maximum atomic E-state index is 12.0. The van der Waals surface area contributed by atoms with Crippen molar-refractivity contribution in [2.75, 3.05) is 33.2 Å². The summed E-state index contributed by atoms with van der Waals surface area (Å²) in [6.45, 7) is 0.914. The second kappa shape index (κ2) is 5.52. The SMILES string of the molecule is COC[C@]12CCOC(C1OC)[C@H](n1cnc3c(=O)[nH]c(N)nc31)O2. The molecule has 2 saturated heterocycles. The molecule has 3 N–H and O–H groups in total. The number of ether oxygens (including phenoxy) is 4. The normalized spacial score (nSPS) is 32.5. The van der Waals surface area contributed by atoms with Crippen molar-refractivity contribution >= 4 is 17.1 Å². The van der Waals surface area contributed by atoms with E-state index in [9.17, 15) is 4.79 Å². The van der Waals surface area contributed by atoms with Gasteiger partial charge in [-0.25, -0.2) is 4.98 Å². The number of aromatic nitrogens is 4. The number of nitrogen functional groups attached to an aromatic ring is 1. The van der Waals surface area contributed by atoms with Crippen LogP contribution in [0.25, 0.3) is 11.2 Å². The van der Waals surface area contributed by atoms with E-state index < -0.39 is 17.4 Å². The van der Waals surface area contributed by atoms with Crippen molar-refractivity contribution in [1.29, 1.82) is 0 Å². The Morgan fingerprint density at radius 3 is 3.12 bits per heavy atom. The average molecular weight is 337 g/mol. The molecular formula is C14H19N5O5. The molecule has 10 heteroatoms. The Labute approximate surface area is 136 Å². The third kappa shape index (κ3) is 2.07. The molecule has 24 heavy (non-hydrogen) atoms. The molecule has 4 heterocycles. The predicted octanol–water partition coefficient (Wildman–Crippen LogP) is -0.580. The minimum Gasteiger partial charge on any atom is -0.382 e. The number of fused-ring (bicyclic) bond motifs is 3. The number of nitrogens with zero attached hydrogens (tertiary/aromatic N) is 3. The zero-order chi connectivity index (χ0) is 16.9. The van der Waals surface area contributed by atoms with E-state index in [2.05, 4.69) is 15.0 Å². The molecule has 0 aromatic carbocycles. The molecule has 0 radical (unpaired) electrons. The average Bonchev–Trinajstić information content (AvgIpc) is 3.02. The van der Waals surface area contributed by atoms with Gasteiger partial charge >= 0.3 is 0 Å². The third-order valence-corrected chi connectivity index (χ3v) is 4.66. The third-order valence-electron chi connectivity index (χ3n) is 4.66. The van der Waals surface area contributed by atoms with E-state index in [1.165, 1.54) is 6.33 Å². The van der Waals surface area contributed by atoms with Crippen LogP contribution in [-0.2, 0) is 18.9 Å². The summed E-state index contributed by atoms with van der Waals surface area (Å²) in [7, 11) is 3.24. The summed E-state index contributed by atoms with van der Waals surface area (Å²) in [5, 5.41) is 0. The Hall–Kier alpha value is -2.01. The van der Waals surface area contributed by atoms with Crippen molar-refractivity contribution in [1.82, 2.24) is 19.5 Å². The summed E-state index contributed by atoms with van der Waals surface area (Å²) in [4.78, 5) is 22.7. The van der Waals surface area contributed by atoms with Crippen molar-refractivity contribution in [3.63, 3.8) is 0 Å². The van der Waals surface area contributed by atoms with E-state index in [1.807, 2.05) is 0 Å². The summed E-state index contributed by atoms with van der Waals surface area (Å²) < 4.78 is 24.9. The van der Waals surface area contributed by atoms with Crippen LogP contribution in [0.15, 0.2) is 11.1 Å². The van der Waals surface area contributed by atoms with Crippen molar-refractivity contribution in [3.8, 4) is 0 Å². The fourth-order valence-corrected chi connectivity index (χ4v) is 3.69. The molecule has 2 aliphatic heterocycles. The van der Waals surface area contributed by atoms with Crippen molar-refractivity contribution in [3.05, 3.63) is 16.7 Å². The zero-order valence-corrected chi connectivity index (χ0v) is 13.4. The molecule has 130 valence electrons. The van der Waals surface area contributed by atoms with Crippen LogP contribution >= 0.6 is 0 Å². The van der Waals surface area contributed by atoms with Crippen LogP contribution in [0.1, 0.15) is 12.6 Å². The number of nitrogens with one attached hydrogen (secondary N) is 1. The molecule has 4 rings (SSSR count). The van der Waals surface area contributed by atoms with Crippen LogP contribution in [0, 0.1) is 0 Å². The molecule has 4 atom stereocenters. The highest BCUT2D eigenvalue weighted by atomic mass is 16.6. The van der Waals surface area contributed by atoms with E-state index in [0.717, 1.165) is 0 Å². The molecule has 0 aliphatic carbocycles. The quantitative estimate of drug-likeness (QED) is 0.759. The number of nitrogens with two attached hydrogens (primary N) is 1. The zero-order valence-electron chi connectivity index (χ0n) is 13.4. The molecule has 2 aromatic heterocycles. The second-order valence-electron chi connectivity index (χ2n) is 6.02. The number of anilines is 1. The van der Waals surface area contributed by atoms with Gasteiger partial charge in [-0.15, -0.1) is 0 Å². The van der Waals surface area contributed by atoms with E-state index in [0.29, 0.717) is 25.3 Å². The van der Waals surface area contributed by atoms with Crippen molar-refractivity contribution < 1.29 is 18.9 Å². The summed E-state index contributed by atoms with van der Waals surface area (Å²) >= 11 is 0. The van der Waals surface area contributed by atoms with Gasteiger partial charge in [0.05, 0.1) is 19.5 Å². The standard InChI is InChI=1S/C14H19N5O5/c1-21-5-14-3-4-23-8(9(14)22-2)12(24-14)19-6-16-7-10(19)17-13(15)18-11(7)20/h6,8-9,12H,3-5H2,1-2H3,(H3,15,17,18,20)/t8?,9?,12-,14-/m1/s1. The van der Waals surface area contributed by atoms with Gasteiger partial charge in [-0.3, -0.25) is 14.3 Å². The molecule has 0 amide bonds. The number of H-pyrrole nitrogens is 1. The number of rotatable bonds is 4. The first-order valence-electron chi connectivity index (χ1n) is 7.63. The molecular weight excluding hydrogens is 318 g/mol. The molecule has 2 bridgehead atoms. The highest BCUT2D eigenvalue weighted by Gasteiger charge is 2.59. The molecule has 2 aliphatic rings. The number of hydrogen-bond acceptors (Lipinski definition) is 8. The first-order chi connectivity index (χ1) is 11.6. The number of hydrogen-bond donors (Lipinski definition) is 2. The van der Waals surface area contributed by atoms with Gasteiger partial charge in [-0.2, -0.15) is 4.98 Å². The van der Waals surface area contributed by atoms with Gasteiger partial charge in [-0.1, -0.05) is 0 Å². The summed E-state index contributed by atoms with van der Waals surface area (Å²) in [6, 6.07) is 0. The van der Waals surface area contributed by atoms with Crippen LogP contribution < -0.4 is 11.3 Å². The minimum absolute atomic E-state index is 0.0195. The van der Waals surface area contributed by atoms with Crippen LogP contribution in [0.3, 0.4) is 0 Å². The lowest BCUT2D eigenvalue weighted by Crippen LogP contribution is -2.52. The Morgan fingerprint density at radius 1 is 1.54 bits per heavy atom. The first-order valence-corrected chi connectivity index (χ1v) is 7.63. The van der Waals surface area contributed by atoms with Gasteiger partial charge in [0.25, 0.3) is 5.56 Å². The second-order valence-corrected chi connectivity index (χ2v) is 6.02. The fourth-order valence-electron chi connectivity index (χ4n) is 3.69. The predicted molar refractivity (Wildman–Crippen MR) is 82.4 cm³/mol. The van der Waals surface area contributed by atoms with Gasteiger partial charge in [0, 0.05) is 20.6 Å². The maximum absolute atomic E-state index is 12.0. The van der Waals surface area contributed by atoms with Gasteiger partial charge in [0.15, 0.2) is 17.4 Å². The molecule has 0 spiro atoms. The lowest BCUT2D eigenvalue weighted by Gasteiger charge is -2.37. The number of imidazole rings is 1. The molecule has 2 fully saturated rings. The number of aromatic amines is 1. The van der Waals surface area contributed by atoms with E-state index in [1.54, 1.807) is 18.8 Å². The Bertz CT molecular complexity index is 815. The number of methoxy groups -OCH3 is 2. The van der Waals surface area contributed by atoms with Crippen LogP contribution in [0.5, 0.6) is 0 Å². The molecule has 2 unspecified atom stereocenters. The summed E-state index contributed by atoms with van der Waals surface area (Å²) in [5.41, 5.74) is 5.20. The fraction of sp³-hybridized carbons (Fsp3) is 0.643. The van der Waals surface area contributed by atoms with Crippen LogP contribution in [0.2, 0.25) is 0 Å². The molecule has 2 aromatic rings. The maximum Gasteiger partial charge on any atom is 0.280 e. The van der Waals surface area contributed by atoms with Gasteiger partial charge < -0.3 is 24.7 Å². The Kier molecular flexibility index (Phi) is 3.57. The highest BCUT2D eigenvalue weighted by Crippen LogP contribution is 2.46. The van der Waals surface area contributed by atoms with Crippen molar-refractivity contribution in [2.45, 2.75) is 30.5 Å². The first kappa shape index (κ1) is 15.5. The lowest BCUT2D eigenvalue weighted by atomic mass is 9.90. The van der Waals surface area contributed by atoms with Crippen molar-refractivity contribution in [2.24, 2.45) is 0 Å². The minimum atomic E-state index is -0.611. The van der Waals surface area contributed by atoms with E-state index in [4.69, 9.17) is 24.7 Å². The highest BCUT2D eigenvalue weighted by molar-refractivity contribution is 5.70. The topological polar surface area (TPSA) is 127 Å². The van der Waals surface area contributed by atoms with E-state index in [-0.39, 0.29) is 23.7 Å². The van der Waals surface area contributed by atoms with E-state index >= 15 is 0 Å². The van der Waals surface area contributed by atoms with Gasteiger partial charge in [-0.05, 0) is 0 Å². The smallest absolute Gasteiger partial charge is 0.280 e. The summed E-state index contributed by atoms with van der Waals surface area (Å²) in [5.74, 6) is 0.0195. The Morgan fingerprint density at radius 2 is 2.38 bits per heavy atom. The van der Waals surface area contributed by atoms with Crippen LogP contribution in [-0.4, -0.2) is 64.8 Å². The Balaban J connectivity index is 1.82. The van der Waals surface area contributed by atoms with Crippen LogP contribution in [0.4, 0.5) is 5.95 Å². The largest absolute Gasteiger partial charge is 0.382 e.